The van der Waals surface area contributed by atoms with Gasteiger partial charge in [0.05, 0.1) is 37.2 Å². The van der Waals surface area contributed by atoms with Gasteiger partial charge in [-0.3, -0.25) is 24.2 Å². The van der Waals surface area contributed by atoms with E-state index in [-0.39, 0.29) is 59.7 Å². The number of rotatable bonds is 4. The first-order chi connectivity index (χ1) is 17.8. The second-order valence-electron chi connectivity index (χ2n) is 10.2. The molecular weight excluding hydrogens is 557 g/mol. The van der Waals surface area contributed by atoms with E-state index in [2.05, 4.69) is 4.90 Å². The Bertz CT molecular complexity index is 1160. The summed E-state index contributed by atoms with van der Waals surface area (Å²) >= 11 is 0. The average molecular weight is 588 g/mol. The number of benzene rings is 1. The van der Waals surface area contributed by atoms with Crippen LogP contribution in [0.5, 0.6) is 17.2 Å². The minimum atomic E-state index is -2.45. The molecule has 12 nitrogen and oxygen atoms in total. The molecule has 214 valence electrons. The number of carbonyl (C=O) groups is 4. The monoisotopic (exact) mass is 587 g/mol. The Morgan fingerprint density at radius 2 is 1.54 bits per heavy atom. The minimum absolute atomic E-state index is 0. The number of halogens is 2. The van der Waals surface area contributed by atoms with Gasteiger partial charge >= 0.3 is 17.9 Å². The molecule has 1 aromatic rings. The van der Waals surface area contributed by atoms with Crippen LogP contribution < -0.4 is 14.2 Å². The van der Waals surface area contributed by atoms with Crippen LogP contribution in [0, 0.1) is 0 Å². The maximum Gasteiger partial charge on any atom is 0.344 e. The quantitative estimate of drug-likeness (QED) is 0.390. The summed E-state index contributed by atoms with van der Waals surface area (Å²) in [5, 5.41) is 10.9. The number of amides is 1. The van der Waals surface area contributed by atoms with Crippen molar-refractivity contribution in [2.45, 2.75) is 43.9 Å². The molecule has 2 saturated heterocycles. The second-order valence-corrected chi connectivity index (χ2v) is 10.2. The number of hydrogen-bond donors (Lipinski definition) is 1. The highest BCUT2D eigenvalue weighted by atomic mass is 35.5. The number of morpholine rings is 1. The van der Waals surface area contributed by atoms with Crippen LogP contribution in [0.3, 0.4) is 0 Å². The fourth-order valence-corrected chi connectivity index (χ4v) is 5.33. The van der Waals surface area contributed by atoms with E-state index in [1.807, 2.05) is 4.90 Å². The molecule has 14 heteroatoms. The lowest BCUT2D eigenvalue weighted by Gasteiger charge is -2.35. The largest absolute Gasteiger partial charge is 0.426 e. The number of carbonyl (C=O) groups excluding carboxylic acids is 4. The van der Waals surface area contributed by atoms with Crippen molar-refractivity contribution in [2.24, 2.45) is 0 Å². The van der Waals surface area contributed by atoms with Gasteiger partial charge in [0.25, 0.3) is 5.91 Å². The predicted molar refractivity (Wildman–Crippen MR) is 139 cm³/mol. The van der Waals surface area contributed by atoms with E-state index < -0.39 is 42.3 Å². The molecule has 0 spiro atoms. The number of nitrogens with zero attached hydrogens (tertiary/aromatic N) is 3. The van der Waals surface area contributed by atoms with Crippen molar-refractivity contribution < 1.29 is 43.2 Å². The van der Waals surface area contributed by atoms with E-state index >= 15 is 0 Å². The summed E-state index contributed by atoms with van der Waals surface area (Å²) in [5.41, 5.74) is -2.19. The smallest absolute Gasteiger partial charge is 0.344 e. The summed E-state index contributed by atoms with van der Waals surface area (Å²) in [6, 6.07) is 1.97. The van der Waals surface area contributed by atoms with Crippen molar-refractivity contribution in [2.75, 3.05) is 52.5 Å². The van der Waals surface area contributed by atoms with Gasteiger partial charge in [0.2, 0.25) is 0 Å². The zero-order chi connectivity index (χ0) is 25.7. The van der Waals surface area contributed by atoms with Crippen LogP contribution in [0.25, 0.3) is 0 Å². The lowest BCUT2D eigenvalue weighted by atomic mass is 9.95. The number of esters is 3. The van der Waals surface area contributed by atoms with E-state index in [0.717, 1.165) is 13.1 Å². The molecule has 39 heavy (non-hydrogen) atoms. The van der Waals surface area contributed by atoms with Gasteiger partial charge in [-0.15, -0.1) is 24.8 Å². The number of fused-ring (bicyclic) bond motifs is 3. The Balaban J connectivity index is 0.00000176. The molecule has 0 aromatic heterocycles. The first-order valence-electron chi connectivity index (χ1n) is 12.7. The molecule has 3 bridgehead atoms. The molecule has 4 heterocycles. The number of ether oxygens (including phenoxy) is 4. The maximum atomic E-state index is 13.7. The van der Waals surface area contributed by atoms with Gasteiger partial charge in [0.15, 0.2) is 17.1 Å². The third-order valence-electron chi connectivity index (χ3n) is 7.57. The second kappa shape index (κ2) is 11.6. The Kier molecular flexibility index (Phi) is 8.74. The van der Waals surface area contributed by atoms with Crippen LogP contribution in [-0.2, 0) is 25.7 Å². The summed E-state index contributed by atoms with van der Waals surface area (Å²) in [6.07, 6.45) is 0.744. The third kappa shape index (κ3) is 5.86. The number of aliphatic hydroxyl groups is 1. The molecule has 4 aliphatic heterocycles. The van der Waals surface area contributed by atoms with Crippen molar-refractivity contribution in [3.63, 3.8) is 0 Å². The van der Waals surface area contributed by atoms with Crippen molar-refractivity contribution in [3.05, 3.63) is 17.2 Å². The summed E-state index contributed by atoms with van der Waals surface area (Å²) in [6.45, 7) is 4.77. The Hall–Kier alpha value is -2.48. The summed E-state index contributed by atoms with van der Waals surface area (Å²) in [5.74, 6) is -3.80. The summed E-state index contributed by atoms with van der Waals surface area (Å²) in [4.78, 5) is 58.5. The van der Waals surface area contributed by atoms with E-state index in [9.17, 15) is 24.3 Å². The van der Waals surface area contributed by atoms with E-state index in [0.29, 0.717) is 45.4 Å². The van der Waals surface area contributed by atoms with Gasteiger partial charge < -0.3 is 29.0 Å². The highest BCUT2D eigenvalue weighted by molar-refractivity contribution is 6.02. The minimum Gasteiger partial charge on any atom is -0.426 e. The molecule has 3 fully saturated rings. The van der Waals surface area contributed by atoms with Gasteiger partial charge in [-0.2, -0.15) is 0 Å². The number of piperazine rings is 1. The van der Waals surface area contributed by atoms with Crippen LogP contribution in [0.15, 0.2) is 6.07 Å². The molecule has 1 unspecified atom stereocenters. The van der Waals surface area contributed by atoms with Gasteiger partial charge in [0, 0.05) is 51.9 Å². The van der Waals surface area contributed by atoms with Crippen LogP contribution >= 0.6 is 24.8 Å². The highest BCUT2D eigenvalue weighted by Crippen LogP contribution is 2.46. The Labute approximate surface area is 237 Å². The summed E-state index contributed by atoms with van der Waals surface area (Å²) < 4.78 is 22.3. The molecule has 0 radical (unpaired) electrons. The van der Waals surface area contributed by atoms with Gasteiger partial charge in [-0.1, -0.05) is 0 Å². The fraction of sp³-hybridized carbons (Fsp3) is 0.600. The molecule has 1 aliphatic carbocycles. The average Bonchev–Trinajstić information content (AvgIpc) is 3.72. The van der Waals surface area contributed by atoms with Crippen molar-refractivity contribution >= 4 is 48.6 Å². The van der Waals surface area contributed by atoms with Crippen LogP contribution in [0.2, 0.25) is 0 Å². The molecule has 1 aromatic carbocycles. The van der Waals surface area contributed by atoms with Crippen LogP contribution in [-0.4, -0.2) is 108 Å². The van der Waals surface area contributed by atoms with Gasteiger partial charge in [0.1, 0.15) is 5.75 Å². The molecular formula is C25H31Cl2N3O9. The van der Waals surface area contributed by atoms with Gasteiger partial charge in [-0.25, -0.2) is 4.79 Å². The van der Waals surface area contributed by atoms with E-state index in [1.165, 1.54) is 18.9 Å². The molecule has 1 saturated carbocycles. The maximum absolute atomic E-state index is 13.7. The van der Waals surface area contributed by atoms with Crippen molar-refractivity contribution in [3.8, 4) is 17.2 Å². The van der Waals surface area contributed by atoms with E-state index in [1.54, 1.807) is 4.90 Å². The van der Waals surface area contributed by atoms with Crippen molar-refractivity contribution in [1.82, 2.24) is 14.7 Å². The lowest BCUT2D eigenvalue weighted by molar-refractivity contribution is -0.168. The Morgan fingerprint density at radius 3 is 2.18 bits per heavy atom. The predicted octanol–water partition coefficient (Wildman–Crippen LogP) is 0.537. The standard InChI is InChI=1S/C25H29N3O9.2ClH/c29-19-12-25(33)13-20(30)36-21-16(23(31)28-5-3-27(4-6-28)15-1-2-15)11-18(35-19)17(22(21)37-24(25)32)14-26-7-9-34-10-8-26;;/h11,15,33H,1-10,12-14H2;2*1H. The highest BCUT2D eigenvalue weighted by Gasteiger charge is 2.48. The first-order valence-corrected chi connectivity index (χ1v) is 12.7. The van der Waals surface area contributed by atoms with Crippen molar-refractivity contribution in [1.29, 1.82) is 0 Å². The molecule has 1 amide bonds. The number of hydrogen-bond acceptors (Lipinski definition) is 11. The fourth-order valence-electron chi connectivity index (χ4n) is 5.33. The molecule has 1 N–H and O–H groups in total. The SMILES string of the molecule is Cl.Cl.O=C1CC2(O)CC(=O)Oc3c(C(=O)N4CCN(C5CC5)CC4)cc(c(CN4CCOCC4)c3OC2=O)O1. The zero-order valence-electron chi connectivity index (χ0n) is 21.2. The van der Waals surface area contributed by atoms with Crippen LogP contribution in [0.4, 0.5) is 0 Å². The molecule has 1 atom stereocenters. The molecule has 6 rings (SSSR count). The summed E-state index contributed by atoms with van der Waals surface area (Å²) in [7, 11) is 0. The van der Waals surface area contributed by atoms with Gasteiger partial charge in [-0.05, 0) is 18.9 Å². The zero-order valence-corrected chi connectivity index (χ0v) is 22.9. The topological polar surface area (TPSA) is 135 Å². The van der Waals surface area contributed by atoms with Crippen LogP contribution in [0.1, 0.15) is 41.6 Å². The normalized spacial score (nSPS) is 25.6. The first kappa shape index (κ1) is 29.5. The Morgan fingerprint density at radius 1 is 0.897 bits per heavy atom. The van der Waals surface area contributed by atoms with E-state index in [4.69, 9.17) is 18.9 Å². The molecule has 5 aliphatic rings. The third-order valence-corrected chi connectivity index (χ3v) is 7.57. The lowest BCUT2D eigenvalue weighted by Crippen LogP contribution is -2.49.